The monoisotopic (exact) mass is 268 g/mol. The minimum atomic E-state index is -0.256. The second kappa shape index (κ2) is 5.46. The Morgan fingerprint density at radius 1 is 1.37 bits per heavy atom. The third-order valence-corrected chi connectivity index (χ3v) is 2.78. The summed E-state index contributed by atoms with van der Waals surface area (Å²) in [6, 6.07) is 0.385. The van der Waals surface area contributed by atoms with Crippen LogP contribution in [0.15, 0.2) is 4.42 Å². The van der Waals surface area contributed by atoms with Crippen LogP contribution in [0, 0.1) is 0 Å². The van der Waals surface area contributed by atoms with Crippen molar-refractivity contribution in [3.63, 3.8) is 0 Å². The Bertz CT molecular complexity index is 438. The van der Waals surface area contributed by atoms with E-state index in [1.54, 1.807) is 4.90 Å². The van der Waals surface area contributed by atoms with Crippen molar-refractivity contribution in [3.05, 3.63) is 5.89 Å². The molecule has 1 aromatic heterocycles. The second-order valence-corrected chi connectivity index (χ2v) is 5.54. The summed E-state index contributed by atoms with van der Waals surface area (Å²) in [5.41, 5.74) is -0.163. The van der Waals surface area contributed by atoms with Gasteiger partial charge in [0.25, 0.3) is 0 Å². The first-order valence-corrected chi connectivity index (χ1v) is 6.46. The molecule has 7 heteroatoms. The van der Waals surface area contributed by atoms with E-state index in [1.165, 1.54) is 0 Å². The van der Waals surface area contributed by atoms with Crippen LogP contribution in [-0.2, 0) is 10.2 Å². The van der Waals surface area contributed by atoms with Gasteiger partial charge in [-0.15, -0.1) is 5.10 Å². The van der Waals surface area contributed by atoms with Gasteiger partial charge in [0.2, 0.25) is 5.89 Å². The smallest absolute Gasteiger partial charge is 0.409 e. The molecular weight excluding hydrogens is 248 g/mol. The highest BCUT2D eigenvalue weighted by atomic mass is 16.6. The number of carbonyl (C=O) groups is 1. The van der Waals surface area contributed by atoms with E-state index in [0.29, 0.717) is 31.6 Å². The zero-order chi connectivity index (χ0) is 13.9. The first kappa shape index (κ1) is 13.6. The molecule has 1 aromatic rings. The Hall–Kier alpha value is -1.79. The van der Waals surface area contributed by atoms with Gasteiger partial charge < -0.3 is 19.4 Å². The van der Waals surface area contributed by atoms with Crippen molar-refractivity contribution in [2.45, 2.75) is 32.6 Å². The molecule has 1 N–H and O–H groups in total. The molecule has 1 aliphatic heterocycles. The average Bonchev–Trinajstić information content (AvgIpc) is 2.80. The van der Waals surface area contributed by atoms with Crippen molar-refractivity contribution in [2.24, 2.45) is 0 Å². The van der Waals surface area contributed by atoms with E-state index in [4.69, 9.17) is 9.15 Å². The minimum Gasteiger partial charge on any atom is -0.449 e. The summed E-state index contributed by atoms with van der Waals surface area (Å²) in [4.78, 5) is 13.1. The van der Waals surface area contributed by atoms with E-state index in [9.17, 15) is 4.79 Å². The van der Waals surface area contributed by atoms with Crippen LogP contribution in [0.2, 0.25) is 0 Å². The summed E-state index contributed by atoms with van der Waals surface area (Å²) in [7, 11) is 0. The van der Waals surface area contributed by atoms with Gasteiger partial charge in [0.1, 0.15) is 0 Å². The lowest BCUT2D eigenvalue weighted by Crippen LogP contribution is -2.40. The maximum atomic E-state index is 11.4. The number of amides is 1. The quantitative estimate of drug-likeness (QED) is 0.893. The minimum absolute atomic E-state index is 0.163. The Morgan fingerprint density at radius 3 is 2.79 bits per heavy atom. The largest absolute Gasteiger partial charge is 0.449 e. The maximum Gasteiger partial charge on any atom is 0.409 e. The lowest BCUT2D eigenvalue weighted by atomic mass is 9.97. The van der Waals surface area contributed by atoms with Crippen molar-refractivity contribution in [2.75, 3.05) is 31.6 Å². The van der Waals surface area contributed by atoms with Crippen LogP contribution >= 0.6 is 0 Å². The van der Waals surface area contributed by atoms with E-state index in [2.05, 4.69) is 15.5 Å². The molecular formula is C12H20N4O3. The summed E-state index contributed by atoms with van der Waals surface area (Å²) < 4.78 is 10.4. The zero-order valence-electron chi connectivity index (χ0n) is 11.6. The SMILES string of the molecule is CC(C)(C)c1nnc(NCCN2CCCOC2=O)o1. The molecule has 1 saturated heterocycles. The number of rotatable bonds is 4. The third kappa shape index (κ3) is 3.59. The van der Waals surface area contributed by atoms with Crippen LogP contribution in [0.5, 0.6) is 0 Å². The van der Waals surface area contributed by atoms with Gasteiger partial charge in [-0.05, 0) is 6.42 Å². The fourth-order valence-corrected chi connectivity index (χ4v) is 1.70. The third-order valence-electron chi connectivity index (χ3n) is 2.78. The van der Waals surface area contributed by atoms with E-state index in [-0.39, 0.29) is 11.5 Å². The van der Waals surface area contributed by atoms with Crippen LogP contribution in [0.25, 0.3) is 0 Å². The summed E-state index contributed by atoms with van der Waals surface area (Å²) in [5, 5.41) is 10.9. The fraction of sp³-hybridized carbons (Fsp3) is 0.750. The average molecular weight is 268 g/mol. The van der Waals surface area contributed by atoms with Gasteiger partial charge in [-0.2, -0.15) is 0 Å². The number of hydrogen-bond acceptors (Lipinski definition) is 6. The van der Waals surface area contributed by atoms with Gasteiger partial charge in [0.15, 0.2) is 0 Å². The molecule has 0 radical (unpaired) electrons. The van der Waals surface area contributed by atoms with Crippen LogP contribution in [0.3, 0.4) is 0 Å². The van der Waals surface area contributed by atoms with E-state index in [0.717, 1.165) is 13.0 Å². The molecule has 0 saturated carbocycles. The number of hydrogen-bond donors (Lipinski definition) is 1. The molecule has 0 aliphatic carbocycles. The number of cyclic esters (lactones) is 1. The van der Waals surface area contributed by atoms with Gasteiger partial charge in [-0.1, -0.05) is 25.9 Å². The summed E-state index contributed by atoms with van der Waals surface area (Å²) in [6.45, 7) is 8.39. The molecule has 0 spiro atoms. The van der Waals surface area contributed by atoms with Crippen molar-refractivity contribution in [1.82, 2.24) is 15.1 Å². The zero-order valence-corrected chi connectivity index (χ0v) is 11.6. The molecule has 2 heterocycles. The molecule has 0 atom stereocenters. The first-order valence-electron chi connectivity index (χ1n) is 6.46. The molecule has 2 rings (SSSR count). The summed E-state index contributed by atoms with van der Waals surface area (Å²) in [5.74, 6) is 0.590. The van der Waals surface area contributed by atoms with Gasteiger partial charge in [0, 0.05) is 25.0 Å². The number of nitrogens with one attached hydrogen (secondary N) is 1. The Morgan fingerprint density at radius 2 is 2.16 bits per heavy atom. The van der Waals surface area contributed by atoms with E-state index < -0.39 is 0 Å². The number of aromatic nitrogens is 2. The molecule has 0 bridgehead atoms. The molecule has 19 heavy (non-hydrogen) atoms. The standard InChI is InChI=1S/C12H20N4O3/c1-12(2,3)9-14-15-10(19-9)13-5-7-16-6-4-8-18-11(16)17/h4-8H2,1-3H3,(H,13,15). The van der Waals surface area contributed by atoms with Crippen LogP contribution < -0.4 is 5.32 Å². The van der Waals surface area contributed by atoms with Crippen molar-refractivity contribution < 1.29 is 13.9 Å². The van der Waals surface area contributed by atoms with Crippen molar-refractivity contribution >= 4 is 12.1 Å². The molecule has 1 fully saturated rings. The lowest BCUT2D eigenvalue weighted by molar-refractivity contribution is 0.0745. The van der Waals surface area contributed by atoms with Crippen LogP contribution in [0.4, 0.5) is 10.8 Å². The topological polar surface area (TPSA) is 80.5 Å². The normalized spacial score (nSPS) is 16.4. The van der Waals surface area contributed by atoms with Gasteiger partial charge in [-0.3, -0.25) is 0 Å². The Kier molecular flexibility index (Phi) is 3.92. The van der Waals surface area contributed by atoms with Crippen molar-refractivity contribution in [3.8, 4) is 0 Å². The predicted octanol–water partition coefficient (Wildman–Crippen LogP) is 1.62. The van der Waals surface area contributed by atoms with E-state index in [1.807, 2.05) is 20.8 Å². The number of ether oxygens (including phenoxy) is 1. The van der Waals surface area contributed by atoms with Gasteiger partial charge in [-0.25, -0.2) is 4.79 Å². The van der Waals surface area contributed by atoms with E-state index >= 15 is 0 Å². The molecule has 1 amide bonds. The number of anilines is 1. The molecule has 0 unspecified atom stereocenters. The van der Waals surface area contributed by atoms with Crippen LogP contribution in [-0.4, -0.2) is 47.4 Å². The Balaban J connectivity index is 1.79. The summed E-state index contributed by atoms with van der Waals surface area (Å²) >= 11 is 0. The van der Waals surface area contributed by atoms with Gasteiger partial charge >= 0.3 is 12.1 Å². The highest BCUT2D eigenvalue weighted by molar-refractivity contribution is 5.68. The molecule has 1 aliphatic rings. The number of carbonyl (C=O) groups excluding carboxylic acids is 1. The van der Waals surface area contributed by atoms with Gasteiger partial charge in [0.05, 0.1) is 6.61 Å². The van der Waals surface area contributed by atoms with Crippen molar-refractivity contribution in [1.29, 1.82) is 0 Å². The highest BCUT2D eigenvalue weighted by Crippen LogP contribution is 2.21. The fourth-order valence-electron chi connectivity index (χ4n) is 1.70. The maximum absolute atomic E-state index is 11.4. The predicted molar refractivity (Wildman–Crippen MR) is 69.0 cm³/mol. The lowest BCUT2D eigenvalue weighted by Gasteiger charge is -2.26. The second-order valence-electron chi connectivity index (χ2n) is 5.54. The molecule has 0 aromatic carbocycles. The molecule has 7 nitrogen and oxygen atoms in total. The molecule has 106 valence electrons. The highest BCUT2D eigenvalue weighted by Gasteiger charge is 2.22. The number of nitrogens with zero attached hydrogens (tertiary/aromatic N) is 3. The van der Waals surface area contributed by atoms with Crippen LogP contribution in [0.1, 0.15) is 33.1 Å². The summed E-state index contributed by atoms with van der Waals surface area (Å²) in [6.07, 6.45) is 0.620. The Labute approximate surface area is 112 Å². The first-order chi connectivity index (χ1) is 8.97.